The molecule has 28 heavy (non-hydrogen) atoms. The van der Waals surface area contributed by atoms with Crippen molar-refractivity contribution in [2.75, 3.05) is 5.32 Å². The Morgan fingerprint density at radius 3 is 2.57 bits per heavy atom. The summed E-state index contributed by atoms with van der Waals surface area (Å²) < 4.78 is 0. The fraction of sp³-hybridized carbons (Fsp3) is 0.120. The zero-order chi connectivity index (χ0) is 18.9. The summed E-state index contributed by atoms with van der Waals surface area (Å²) in [4.78, 5) is 4.84. The molecular formula is C25H21N3. The van der Waals surface area contributed by atoms with Crippen molar-refractivity contribution in [3.63, 3.8) is 0 Å². The number of hydrogen-bond acceptors (Lipinski definition) is 3. The van der Waals surface area contributed by atoms with Gasteiger partial charge in [-0.25, -0.2) is 4.98 Å². The molecule has 3 heteroatoms. The summed E-state index contributed by atoms with van der Waals surface area (Å²) in [5.74, 6) is 0.887. The largest absolute Gasteiger partial charge is 0.363 e. The summed E-state index contributed by atoms with van der Waals surface area (Å²) in [5.41, 5.74) is 6.07. The molecule has 1 aromatic heterocycles. The normalized spacial score (nSPS) is 15.4. The molecule has 0 saturated carbocycles. The topological polar surface area (TPSA) is 48.8 Å². The van der Waals surface area contributed by atoms with Crippen molar-refractivity contribution < 1.29 is 0 Å². The third-order valence-corrected chi connectivity index (χ3v) is 5.52. The van der Waals surface area contributed by atoms with E-state index in [9.17, 15) is 0 Å². The zero-order valence-corrected chi connectivity index (χ0v) is 15.5. The average Bonchev–Trinajstić information content (AvgIpc) is 3.16. The number of aryl methyl sites for hydroxylation is 1. The van der Waals surface area contributed by atoms with E-state index >= 15 is 0 Å². The summed E-state index contributed by atoms with van der Waals surface area (Å²) in [6.45, 7) is 0. The molecule has 136 valence electrons. The lowest BCUT2D eigenvalue weighted by Crippen LogP contribution is -2.09. The van der Waals surface area contributed by atoms with Crippen molar-refractivity contribution >= 4 is 22.4 Å². The van der Waals surface area contributed by atoms with Crippen LogP contribution in [0.25, 0.3) is 10.9 Å². The van der Waals surface area contributed by atoms with Gasteiger partial charge in [0.1, 0.15) is 5.82 Å². The lowest BCUT2D eigenvalue weighted by molar-refractivity contribution is 0.758. The van der Waals surface area contributed by atoms with Gasteiger partial charge in [-0.3, -0.25) is 5.41 Å². The van der Waals surface area contributed by atoms with Gasteiger partial charge in [0.05, 0.1) is 17.3 Å². The van der Waals surface area contributed by atoms with E-state index in [1.807, 2.05) is 54.6 Å². The number of fused-ring (bicyclic) bond motifs is 2. The minimum atomic E-state index is 0.312. The summed E-state index contributed by atoms with van der Waals surface area (Å²) in [5, 5.41) is 13.2. The first-order valence-electron chi connectivity index (χ1n) is 9.68. The molecule has 1 aliphatic rings. The molecule has 1 heterocycles. The molecule has 0 bridgehead atoms. The summed E-state index contributed by atoms with van der Waals surface area (Å²) in [7, 11) is 0. The number of nitrogens with zero attached hydrogens (tertiary/aromatic N) is 1. The van der Waals surface area contributed by atoms with E-state index < -0.39 is 0 Å². The van der Waals surface area contributed by atoms with Crippen LogP contribution in [-0.2, 0) is 6.42 Å². The lowest BCUT2D eigenvalue weighted by atomic mass is 9.98. The molecule has 1 unspecified atom stereocenters. The molecule has 3 aromatic carbocycles. The van der Waals surface area contributed by atoms with Crippen LogP contribution in [-0.4, -0.2) is 10.7 Å². The Morgan fingerprint density at radius 2 is 1.68 bits per heavy atom. The van der Waals surface area contributed by atoms with Crippen LogP contribution < -0.4 is 5.32 Å². The van der Waals surface area contributed by atoms with Gasteiger partial charge < -0.3 is 5.32 Å². The van der Waals surface area contributed by atoms with Gasteiger partial charge in [0.2, 0.25) is 0 Å². The highest BCUT2D eigenvalue weighted by Gasteiger charge is 2.22. The first kappa shape index (κ1) is 16.7. The second-order valence-corrected chi connectivity index (χ2v) is 7.24. The number of anilines is 1. The molecule has 0 spiro atoms. The Bertz CT molecular complexity index is 1160. The third kappa shape index (κ3) is 2.95. The molecule has 0 fully saturated rings. The highest BCUT2D eigenvalue weighted by molar-refractivity contribution is 6.17. The van der Waals surface area contributed by atoms with Crippen molar-refractivity contribution in [3.05, 3.63) is 107 Å². The summed E-state index contributed by atoms with van der Waals surface area (Å²) in [6, 6.07) is 28.9. The van der Waals surface area contributed by atoms with Crippen LogP contribution in [0.2, 0.25) is 0 Å². The van der Waals surface area contributed by atoms with Crippen LogP contribution in [0.5, 0.6) is 0 Å². The van der Waals surface area contributed by atoms with E-state index in [1.165, 1.54) is 11.1 Å². The molecule has 1 atom stereocenters. The van der Waals surface area contributed by atoms with E-state index in [-0.39, 0.29) is 0 Å². The van der Waals surface area contributed by atoms with Crippen LogP contribution in [0, 0.1) is 5.41 Å². The van der Waals surface area contributed by atoms with Crippen molar-refractivity contribution in [1.29, 1.82) is 5.41 Å². The molecule has 0 aliphatic heterocycles. The van der Waals surface area contributed by atoms with Gasteiger partial charge in [0.15, 0.2) is 0 Å². The average molecular weight is 363 g/mol. The maximum absolute atomic E-state index is 8.63. The van der Waals surface area contributed by atoms with Gasteiger partial charge in [0.25, 0.3) is 0 Å². The first-order chi connectivity index (χ1) is 13.8. The van der Waals surface area contributed by atoms with Crippen LogP contribution in [0.1, 0.15) is 34.7 Å². The maximum Gasteiger partial charge on any atom is 0.127 e. The van der Waals surface area contributed by atoms with E-state index in [0.29, 0.717) is 11.8 Å². The van der Waals surface area contributed by atoms with E-state index in [1.54, 1.807) is 0 Å². The predicted molar refractivity (Wildman–Crippen MR) is 115 cm³/mol. The van der Waals surface area contributed by atoms with Gasteiger partial charge in [-0.2, -0.15) is 0 Å². The Labute approximate surface area is 164 Å². The fourth-order valence-electron chi connectivity index (χ4n) is 4.10. The smallest absolute Gasteiger partial charge is 0.127 e. The van der Waals surface area contributed by atoms with Crippen molar-refractivity contribution in [1.82, 2.24) is 4.98 Å². The molecule has 0 radical (unpaired) electrons. The first-order valence-corrected chi connectivity index (χ1v) is 9.68. The van der Waals surface area contributed by atoms with E-state index in [4.69, 9.17) is 10.4 Å². The minimum Gasteiger partial charge on any atom is -0.363 e. The van der Waals surface area contributed by atoms with Crippen LogP contribution in [0.4, 0.5) is 5.82 Å². The van der Waals surface area contributed by atoms with Gasteiger partial charge in [-0.15, -0.1) is 0 Å². The number of pyridine rings is 1. The molecule has 4 aromatic rings. The molecular weight excluding hydrogens is 342 g/mol. The molecule has 1 aliphatic carbocycles. The van der Waals surface area contributed by atoms with Gasteiger partial charge >= 0.3 is 0 Å². The highest BCUT2D eigenvalue weighted by atomic mass is 15.0. The summed E-state index contributed by atoms with van der Waals surface area (Å²) >= 11 is 0. The Morgan fingerprint density at radius 1 is 0.857 bits per heavy atom. The third-order valence-electron chi connectivity index (χ3n) is 5.52. The Balaban J connectivity index is 1.47. The number of rotatable bonds is 4. The predicted octanol–water partition coefficient (Wildman–Crippen LogP) is 5.75. The quantitative estimate of drug-likeness (QED) is 0.454. The second-order valence-electron chi connectivity index (χ2n) is 7.24. The Hall–Kier alpha value is -3.46. The second kappa shape index (κ2) is 6.93. The number of nitrogens with one attached hydrogen (secondary N) is 2. The monoisotopic (exact) mass is 363 g/mol. The number of hydrogen-bond donors (Lipinski definition) is 2. The van der Waals surface area contributed by atoms with Crippen molar-refractivity contribution in [3.8, 4) is 0 Å². The standard InChI is InChI=1S/C25H21N3/c26-25(18-8-2-1-3-9-18)21-11-6-12-22-20(21)14-16-24(27-22)28-23-15-13-17-7-4-5-10-19(17)23/h1-12,14,16,23,26H,13,15H2,(H,27,28). The lowest BCUT2D eigenvalue weighted by Gasteiger charge is -2.16. The SMILES string of the molecule is N=C(c1ccccc1)c1cccc2nc(NC3CCc4ccccc43)ccc12. The van der Waals surface area contributed by atoms with E-state index in [0.717, 1.165) is 40.7 Å². The molecule has 3 nitrogen and oxygen atoms in total. The zero-order valence-electron chi connectivity index (χ0n) is 15.5. The Kier molecular flexibility index (Phi) is 4.13. The van der Waals surface area contributed by atoms with Crippen LogP contribution in [0.15, 0.2) is 84.9 Å². The van der Waals surface area contributed by atoms with E-state index in [2.05, 4.69) is 35.6 Å². The number of benzene rings is 3. The fourth-order valence-corrected chi connectivity index (χ4v) is 4.10. The van der Waals surface area contributed by atoms with Gasteiger partial charge in [-0.1, -0.05) is 66.7 Å². The van der Waals surface area contributed by atoms with Gasteiger partial charge in [-0.05, 0) is 42.2 Å². The molecule has 5 rings (SSSR count). The van der Waals surface area contributed by atoms with Crippen molar-refractivity contribution in [2.24, 2.45) is 0 Å². The number of aromatic nitrogens is 1. The summed E-state index contributed by atoms with van der Waals surface area (Å²) in [6.07, 6.45) is 2.21. The molecule has 0 amide bonds. The highest BCUT2D eigenvalue weighted by Crippen LogP contribution is 2.33. The van der Waals surface area contributed by atoms with Crippen LogP contribution >= 0.6 is 0 Å². The van der Waals surface area contributed by atoms with Gasteiger partial charge in [0, 0.05) is 16.5 Å². The van der Waals surface area contributed by atoms with Crippen LogP contribution in [0.3, 0.4) is 0 Å². The molecule has 0 saturated heterocycles. The maximum atomic E-state index is 8.63. The molecule has 2 N–H and O–H groups in total. The minimum absolute atomic E-state index is 0.312. The van der Waals surface area contributed by atoms with Crippen molar-refractivity contribution in [2.45, 2.75) is 18.9 Å².